The van der Waals surface area contributed by atoms with E-state index >= 15 is 0 Å². The number of nitrogens with zero attached hydrogens (tertiary/aromatic N) is 4. The molecule has 1 aliphatic rings. The van der Waals surface area contributed by atoms with Crippen LogP contribution in [0, 0.1) is 0 Å². The maximum absolute atomic E-state index is 13.1. The van der Waals surface area contributed by atoms with Crippen molar-refractivity contribution in [2.24, 2.45) is 0 Å². The van der Waals surface area contributed by atoms with Crippen molar-refractivity contribution in [2.75, 3.05) is 31.2 Å². The largest absolute Gasteiger partial charge is 0.378 e. The molecule has 29 heavy (non-hydrogen) atoms. The van der Waals surface area contributed by atoms with Crippen molar-refractivity contribution in [3.63, 3.8) is 0 Å². The Bertz CT molecular complexity index is 1320. The number of anilines is 1. The van der Waals surface area contributed by atoms with Gasteiger partial charge in [-0.25, -0.2) is 17.4 Å². The van der Waals surface area contributed by atoms with Gasteiger partial charge in [-0.1, -0.05) is 18.2 Å². The summed E-state index contributed by atoms with van der Waals surface area (Å²) in [5, 5.41) is 1.67. The van der Waals surface area contributed by atoms with Crippen LogP contribution < -0.4 is 4.90 Å². The van der Waals surface area contributed by atoms with Crippen LogP contribution in [0.3, 0.4) is 0 Å². The Balaban J connectivity index is 1.72. The molecule has 0 aliphatic carbocycles. The highest BCUT2D eigenvalue weighted by Crippen LogP contribution is 2.33. The predicted octanol–water partition coefficient (Wildman–Crippen LogP) is 3.31. The molecule has 4 aromatic rings. The minimum absolute atomic E-state index is 0.130. The van der Waals surface area contributed by atoms with Crippen LogP contribution in [0.2, 0.25) is 5.28 Å². The lowest BCUT2D eigenvalue weighted by Gasteiger charge is -2.28. The third-order valence-corrected chi connectivity index (χ3v) is 6.94. The number of hydrogen-bond donors (Lipinski definition) is 0. The molecule has 0 bridgehead atoms. The topological polar surface area (TPSA) is 77.3 Å². The Labute approximate surface area is 172 Å². The molecule has 2 aromatic carbocycles. The van der Waals surface area contributed by atoms with Crippen LogP contribution in [-0.4, -0.2) is 48.7 Å². The normalized spacial score (nSPS) is 15.3. The Morgan fingerprint density at radius 1 is 0.931 bits per heavy atom. The smallest absolute Gasteiger partial charge is 0.268 e. The molecule has 0 atom stereocenters. The number of aromatic nitrogens is 3. The Kier molecular flexibility index (Phi) is 4.42. The van der Waals surface area contributed by atoms with Crippen molar-refractivity contribution >= 4 is 49.2 Å². The number of benzene rings is 2. The molecule has 0 unspecified atom stereocenters. The van der Waals surface area contributed by atoms with Gasteiger partial charge < -0.3 is 9.64 Å². The number of halogens is 1. The first-order valence-electron chi connectivity index (χ1n) is 9.16. The molecule has 148 valence electrons. The van der Waals surface area contributed by atoms with Gasteiger partial charge in [0.2, 0.25) is 5.28 Å². The van der Waals surface area contributed by atoms with Crippen LogP contribution >= 0.6 is 11.6 Å². The molecule has 1 aliphatic heterocycles. The molecule has 1 fully saturated rings. The van der Waals surface area contributed by atoms with E-state index in [9.17, 15) is 8.42 Å². The van der Waals surface area contributed by atoms with Crippen LogP contribution in [0.25, 0.3) is 21.8 Å². The third-order valence-electron chi connectivity index (χ3n) is 5.06. The minimum atomic E-state index is -3.72. The zero-order chi connectivity index (χ0) is 20.0. The zero-order valence-corrected chi connectivity index (χ0v) is 16.9. The quantitative estimate of drug-likeness (QED) is 0.466. The van der Waals surface area contributed by atoms with Gasteiger partial charge in [0.15, 0.2) is 0 Å². The molecule has 0 spiro atoms. The summed E-state index contributed by atoms with van der Waals surface area (Å²) in [4.78, 5) is 11.2. The van der Waals surface area contributed by atoms with Crippen LogP contribution in [0.1, 0.15) is 0 Å². The van der Waals surface area contributed by atoms with E-state index in [0.717, 1.165) is 11.2 Å². The molecule has 2 aromatic heterocycles. The van der Waals surface area contributed by atoms with Gasteiger partial charge in [-0.05, 0) is 41.9 Å². The number of fused-ring (bicyclic) bond motifs is 3. The number of ether oxygens (including phenoxy) is 1. The molecule has 9 heteroatoms. The summed E-state index contributed by atoms with van der Waals surface area (Å²) in [5.41, 5.74) is 1.18. The highest BCUT2D eigenvalue weighted by molar-refractivity contribution is 7.90. The molecule has 7 nitrogen and oxygen atoms in total. The van der Waals surface area contributed by atoms with E-state index in [0.29, 0.717) is 42.7 Å². The van der Waals surface area contributed by atoms with Crippen molar-refractivity contribution in [3.05, 3.63) is 60.0 Å². The molecule has 5 rings (SSSR count). The van der Waals surface area contributed by atoms with Crippen molar-refractivity contribution in [2.45, 2.75) is 4.90 Å². The number of morpholine rings is 1. The van der Waals surface area contributed by atoms with Crippen molar-refractivity contribution < 1.29 is 13.2 Å². The monoisotopic (exact) mass is 428 g/mol. The summed E-state index contributed by atoms with van der Waals surface area (Å²) in [6.07, 6.45) is 1.55. The third kappa shape index (κ3) is 3.04. The zero-order valence-electron chi connectivity index (χ0n) is 15.3. The molecule has 3 heterocycles. The first-order valence-corrected chi connectivity index (χ1v) is 11.0. The number of rotatable bonds is 3. The summed E-state index contributed by atoms with van der Waals surface area (Å²) < 4.78 is 32.9. The fourth-order valence-corrected chi connectivity index (χ4v) is 5.21. The second-order valence-electron chi connectivity index (χ2n) is 6.74. The summed E-state index contributed by atoms with van der Waals surface area (Å²) in [5.74, 6) is 0.740. The van der Waals surface area contributed by atoms with Gasteiger partial charge >= 0.3 is 0 Å². The lowest BCUT2D eigenvalue weighted by atomic mass is 10.1. The average Bonchev–Trinajstić information content (AvgIpc) is 3.20. The maximum atomic E-state index is 13.1. The second kappa shape index (κ2) is 6.98. The molecular formula is C20H17ClN4O3S. The summed E-state index contributed by atoms with van der Waals surface area (Å²) in [6.45, 7) is 2.67. The summed E-state index contributed by atoms with van der Waals surface area (Å²) in [7, 11) is -3.72. The predicted molar refractivity (Wildman–Crippen MR) is 112 cm³/mol. The van der Waals surface area contributed by atoms with E-state index < -0.39 is 10.0 Å². The Morgan fingerprint density at radius 2 is 1.69 bits per heavy atom. The van der Waals surface area contributed by atoms with Crippen LogP contribution in [-0.2, 0) is 14.8 Å². The first-order chi connectivity index (χ1) is 14.1. The number of hydrogen-bond acceptors (Lipinski definition) is 6. The Hall–Kier alpha value is -2.68. The first kappa shape index (κ1) is 18.4. The lowest BCUT2D eigenvalue weighted by Crippen LogP contribution is -2.37. The standard InChI is InChI=1S/C20H17ClN4O3S/c21-20-22-18-15-8-9-25(29(26,27)14-4-2-1-3-5-14)17(15)7-6-16(18)19(23-20)24-10-12-28-13-11-24/h1-9H,10-13H2. The van der Waals surface area contributed by atoms with Crippen molar-refractivity contribution in [1.29, 1.82) is 0 Å². The molecule has 0 saturated carbocycles. The van der Waals surface area contributed by atoms with Gasteiger partial charge in [-0.3, -0.25) is 0 Å². The fraction of sp³-hybridized carbons (Fsp3) is 0.200. The van der Waals surface area contributed by atoms with Crippen molar-refractivity contribution in [3.8, 4) is 0 Å². The second-order valence-corrected chi connectivity index (χ2v) is 8.89. The van der Waals surface area contributed by atoms with Crippen LogP contribution in [0.4, 0.5) is 5.82 Å². The highest BCUT2D eigenvalue weighted by atomic mass is 35.5. The van der Waals surface area contributed by atoms with E-state index in [-0.39, 0.29) is 10.2 Å². The van der Waals surface area contributed by atoms with E-state index in [1.807, 2.05) is 6.07 Å². The maximum Gasteiger partial charge on any atom is 0.268 e. The van der Waals surface area contributed by atoms with E-state index in [4.69, 9.17) is 16.3 Å². The molecular weight excluding hydrogens is 412 g/mol. The van der Waals surface area contributed by atoms with Gasteiger partial charge in [-0.2, -0.15) is 4.98 Å². The van der Waals surface area contributed by atoms with Gasteiger partial charge in [0.25, 0.3) is 10.0 Å². The van der Waals surface area contributed by atoms with Crippen LogP contribution in [0.15, 0.2) is 59.6 Å². The Morgan fingerprint density at radius 3 is 2.45 bits per heavy atom. The summed E-state index contributed by atoms with van der Waals surface area (Å²) in [6, 6.07) is 13.8. The lowest BCUT2D eigenvalue weighted by molar-refractivity contribution is 0.122. The van der Waals surface area contributed by atoms with Gasteiger partial charge in [0, 0.05) is 30.1 Å². The average molecular weight is 429 g/mol. The van der Waals surface area contributed by atoms with Gasteiger partial charge in [0.05, 0.1) is 29.1 Å². The molecule has 1 saturated heterocycles. The highest BCUT2D eigenvalue weighted by Gasteiger charge is 2.22. The van der Waals surface area contributed by atoms with E-state index in [1.54, 1.807) is 48.7 Å². The summed E-state index contributed by atoms with van der Waals surface area (Å²) >= 11 is 6.23. The van der Waals surface area contributed by atoms with Gasteiger partial charge in [-0.15, -0.1) is 0 Å². The van der Waals surface area contributed by atoms with Gasteiger partial charge in [0.1, 0.15) is 5.82 Å². The van der Waals surface area contributed by atoms with E-state index in [2.05, 4.69) is 14.9 Å². The van der Waals surface area contributed by atoms with Crippen LogP contribution in [0.5, 0.6) is 0 Å². The molecule has 0 N–H and O–H groups in total. The SMILES string of the molecule is O=S(=O)(c1ccccc1)n1ccc2c3nc(Cl)nc(N4CCOCC4)c3ccc21. The van der Waals surface area contributed by atoms with Crippen molar-refractivity contribution in [1.82, 2.24) is 13.9 Å². The minimum Gasteiger partial charge on any atom is -0.378 e. The fourth-order valence-electron chi connectivity index (χ4n) is 3.67. The van der Waals surface area contributed by atoms with E-state index in [1.165, 1.54) is 3.97 Å². The molecule has 0 radical (unpaired) electrons. The molecule has 0 amide bonds.